The zero-order chi connectivity index (χ0) is 13.5. The second kappa shape index (κ2) is 4.12. The average molecular weight is 247 g/mol. The van der Waals surface area contributed by atoms with E-state index in [4.69, 9.17) is 4.74 Å². The molecule has 1 unspecified atom stereocenters. The van der Waals surface area contributed by atoms with Crippen LogP contribution in [0.4, 0.5) is 9.18 Å². The van der Waals surface area contributed by atoms with E-state index in [1.165, 1.54) is 18.7 Å². The maximum absolute atomic E-state index is 14.4. The van der Waals surface area contributed by atoms with Gasteiger partial charge in [-0.05, 0) is 34.6 Å². The molecule has 1 heterocycles. The second-order valence-corrected chi connectivity index (χ2v) is 6.18. The van der Waals surface area contributed by atoms with Gasteiger partial charge in [0, 0.05) is 13.0 Å². The topological polar surface area (TPSA) is 49.8 Å². The molecule has 0 aromatic rings. The van der Waals surface area contributed by atoms with Crippen molar-refractivity contribution in [3.05, 3.63) is 0 Å². The van der Waals surface area contributed by atoms with Crippen LogP contribution in [0.25, 0.3) is 0 Å². The molecule has 1 atom stereocenters. The summed E-state index contributed by atoms with van der Waals surface area (Å²) in [6, 6.07) is 0. The molecule has 1 saturated heterocycles. The van der Waals surface area contributed by atoms with Gasteiger partial charge in [-0.1, -0.05) is 0 Å². The number of carbonyl (C=O) groups excluding carboxylic acids is 1. The largest absolute Gasteiger partial charge is 0.444 e. The first-order valence-corrected chi connectivity index (χ1v) is 5.84. The number of hydrogen-bond donors (Lipinski definition) is 1. The zero-order valence-corrected chi connectivity index (χ0v) is 11.2. The number of hydrogen-bond acceptors (Lipinski definition) is 3. The second-order valence-electron chi connectivity index (χ2n) is 6.18. The molecular weight excluding hydrogens is 225 g/mol. The lowest BCUT2D eigenvalue weighted by Crippen LogP contribution is -2.49. The van der Waals surface area contributed by atoms with Gasteiger partial charge in [-0.3, -0.25) is 0 Å². The van der Waals surface area contributed by atoms with Gasteiger partial charge in [0.25, 0.3) is 0 Å². The number of alkyl halides is 1. The zero-order valence-electron chi connectivity index (χ0n) is 11.2. The van der Waals surface area contributed by atoms with Gasteiger partial charge in [0.15, 0.2) is 5.67 Å². The van der Waals surface area contributed by atoms with Crippen molar-refractivity contribution >= 4 is 6.09 Å². The number of halogens is 1. The predicted octanol–water partition coefficient (Wildman–Crippen LogP) is 2.11. The summed E-state index contributed by atoms with van der Waals surface area (Å²) in [5.74, 6) is 0. The van der Waals surface area contributed by atoms with Crippen LogP contribution in [0.1, 0.15) is 41.0 Å². The molecule has 4 nitrogen and oxygen atoms in total. The van der Waals surface area contributed by atoms with Crippen LogP contribution < -0.4 is 0 Å². The summed E-state index contributed by atoms with van der Waals surface area (Å²) in [6.45, 7) is 8.29. The van der Waals surface area contributed by atoms with Gasteiger partial charge in [-0.2, -0.15) is 0 Å². The number of ether oxygens (including phenoxy) is 1. The molecule has 0 spiro atoms. The summed E-state index contributed by atoms with van der Waals surface area (Å²) in [5, 5.41) is 9.76. The van der Waals surface area contributed by atoms with Crippen LogP contribution in [0.3, 0.4) is 0 Å². The molecule has 1 aliphatic heterocycles. The molecule has 0 saturated carbocycles. The Morgan fingerprint density at radius 3 is 2.24 bits per heavy atom. The van der Waals surface area contributed by atoms with Gasteiger partial charge in [0.1, 0.15) is 5.60 Å². The summed E-state index contributed by atoms with van der Waals surface area (Å²) < 4.78 is 19.5. The Kier molecular flexibility index (Phi) is 3.45. The van der Waals surface area contributed by atoms with E-state index in [-0.39, 0.29) is 19.5 Å². The van der Waals surface area contributed by atoms with Gasteiger partial charge < -0.3 is 14.7 Å². The van der Waals surface area contributed by atoms with Crippen molar-refractivity contribution in [3.63, 3.8) is 0 Å². The summed E-state index contributed by atoms with van der Waals surface area (Å²) in [6.07, 6.45) is -0.392. The average Bonchev–Trinajstić information content (AvgIpc) is 2.44. The van der Waals surface area contributed by atoms with E-state index in [0.717, 1.165) is 0 Å². The predicted molar refractivity (Wildman–Crippen MR) is 62.6 cm³/mol. The van der Waals surface area contributed by atoms with E-state index < -0.39 is 23.0 Å². The molecule has 5 heteroatoms. The van der Waals surface area contributed by atoms with E-state index in [1.807, 2.05) is 0 Å². The molecule has 0 bridgehead atoms. The van der Waals surface area contributed by atoms with Crippen molar-refractivity contribution in [2.24, 2.45) is 0 Å². The quantitative estimate of drug-likeness (QED) is 0.772. The van der Waals surface area contributed by atoms with Crippen molar-refractivity contribution in [2.45, 2.75) is 57.9 Å². The lowest BCUT2D eigenvalue weighted by Gasteiger charge is -2.32. The van der Waals surface area contributed by atoms with Crippen LogP contribution in [0.2, 0.25) is 0 Å². The molecule has 0 aromatic heterocycles. The Hall–Kier alpha value is -0.840. The summed E-state index contributed by atoms with van der Waals surface area (Å²) in [4.78, 5) is 13.0. The number of likely N-dealkylation sites (tertiary alicyclic amines) is 1. The molecular formula is C12H22FNO3. The molecule has 100 valence electrons. The first-order valence-electron chi connectivity index (χ1n) is 5.84. The first kappa shape index (κ1) is 14.2. The third kappa shape index (κ3) is 3.31. The van der Waals surface area contributed by atoms with Crippen LogP contribution >= 0.6 is 0 Å². The van der Waals surface area contributed by atoms with Crippen molar-refractivity contribution < 1.29 is 19.0 Å². The van der Waals surface area contributed by atoms with Gasteiger partial charge >= 0.3 is 6.09 Å². The van der Waals surface area contributed by atoms with Crippen LogP contribution in [0.15, 0.2) is 0 Å². The molecule has 1 aliphatic rings. The van der Waals surface area contributed by atoms with Crippen LogP contribution in [0, 0.1) is 0 Å². The van der Waals surface area contributed by atoms with Gasteiger partial charge in [0.05, 0.1) is 12.1 Å². The third-order valence-corrected chi connectivity index (χ3v) is 2.97. The van der Waals surface area contributed by atoms with E-state index >= 15 is 0 Å². The monoisotopic (exact) mass is 247 g/mol. The fraction of sp³-hybridized carbons (Fsp3) is 0.917. The number of rotatable bonds is 1. The fourth-order valence-electron chi connectivity index (χ4n) is 1.75. The Bertz CT molecular complexity index is 306. The smallest absolute Gasteiger partial charge is 0.410 e. The number of amides is 1. The maximum atomic E-state index is 14.4. The highest BCUT2D eigenvalue weighted by Gasteiger charge is 2.51. The molecule has 1 amide bonds. The lowest BCUT2D eigenvalue weighted by molar-refractivity contribution is -0.0714. The summed E-state index contributed by atoms with van der Waals surface area (Å²) in [7, 11) is 0. The van der Waals surface area contributed by atoms with Crippen molar-refractivity contribution in [1.82, 2.24) is 4.90 Å². The molecule has 0 aliphatic carbocycles. The highest BCUT2D eigenvalue weighted by molar-refractivity contribution is 5.68. The Labute approximate surface area is 102 Å². The van der Waals surface area contributed by atoms with Crippen LogP contribution in [-0.4, -0.2) is 46.1 Å². The van der Waals surface area contributed by atoms with Crippen molar-refractivity contribution in [3.8, 4) is 0 Å². The molecule has 0 radical (unpaired) electrons. The third-order valence-electron chi connectivity index (χ3n) is 2.97. The minimum Gasteiger partial charge on any atom is -0.444 e. The lowest BCUT2D eigenvalue weighted by atomic mass is 9.87. The van der Waals surface area contributed by atoms with E-state index in [1.54, 1.807) is 20.8 Å². The minimum absolute atomic E-state index is 0.120. The standard InChI is InChI=1S/C12H22FNO3/c1-10(2,3)17-9(15)14-7-6-12(13,8-14)11(4,5)16/h16H,6-8H2,1-5H3. The van der Waals surface area contributed by atoms with Gasteiger partial charge in [0.2, 0.25) is 0 Å². The molecule has 17 heavy (non-hydrogen) atoms. The molecule has 1 N–H and O–H groups in total. The molecule has 1 rings (SSSR count). The number of carbonyl (C=O) groups is 1. The maximum Gasteiger partial charge on any atom is 0.410 e. The SMILES string of the molecule is CC(C)(C)OC(=O)N1CCC(F)(C(C)(C)O)C1. The Morgan fingerprint density at radius 1 is 1.35 bits per heavy atom. The Morgan fingerprint density at radius 2 is 1.88 bits per heavy atom. The molecule has 1 fully saturated rings. The minimum atomic E-state index is -1.76. The number of nitrogens with zero attached hydrogens (tertiary/aromatic N) is 1. The fourth-order valence-corrected chi connectivity index (χ4v) is 1.75. The van der Waals surface area contributed by atoms with E-state index in [2.05, 4.69) is 0 Å². The summed E-state index contributed by atoms with van der Waals surface area (Å²) in [5.41, 5.74) is -3.80. The van der Waals surface area contributed by atoms with Gasteiger partial charge in [-0.25, -0.2) is 9.18 Å². The van der Waals surface area contributed by atoms with E-state index in [9.17, 15) is 14.3 Å². The van der Waals surface area contributed by atoms with Crippen molar-refractivity contribution in [2.75, 3.05) is 13.1 Å². The van der Waals surface area contributed by atoms with Crippen LogP contribution in [-0.2, 0) is 4.74 Å². The summed E-state index contributed by atoms with van der Waals surface area (Å²) >= 11 is 0. The Balaban J connectivity index is 2.65. The normalized spacial score (nSPS) is 26.2. The highest BCUT2D eigenvalue weighted by Crippen LogP contribution is 2.36. The highest BCUT2D eigenvalue weighted by atomic mass is 19.1. The van der Waals surface area contributed by atoms with Gasteiger partial charge in [-0.15, -0.1) is 0 Å². The van der Waals surface area contributed by atoms with Crippen LogP contribution in [0.5, 0.6) is 0 Å². The van der Waals surface area contributed by atoms with Crippen molar-refractivity contribution in [1.29, 1.82) is 0 Å². The first-order chi connectivity index (χ1) is 7.45. The number of aliphatic hydroxyl groups is 1. The van der Waals surface area contributed by atoms with E-state index in [0.29, 0.717) is 0 Å². The molecule has 0 aromatic carbocycles.